The number of rotatable bonds is 4. The Labute approximate surface area is 182 Å². The van der Waals surface area contributed by atoms with E-state index in [1.807, 2.05) is 18.2 Å². The number of aryl methyl sites for hydroxylation is 1. The van der Waals surface area contributed by atoms with Crippen molar-refractivity contribution in [2.45, 2.75) is 19.9 Å². The van der Waals surface area contributed by atoms with E-state index < -0.39 is 0 Å². The number of fused-ring (bicyclic) bond motifs is 1. The highest BCUT2D eigenvalue weighted by Gasteiger charge is 2.34. The molecule has 1 aromatic heterocycles. The molecule has 142 valence electrons. The van der Waals surface area contributed by atoms with E-state index in [1.54, 1.807) is 18.2 Å². The van der Waals surface area contributed by atoms with Gasteiger partial charge in [0.05, 0.1) is 15.6 Å². The van der Waals surface area contributed by atoms with Crippen LogP contribution >= 0.6 is 47.2 Å². The van der Waals surface area contributed by atoms with Crippen LogP contribution in [-0.2, 0) is 11.3 Å². The molecule has 0 saturated carbocycles. The maximum absolute atomic E-state index is 13.1. The molecule has 4 rings (SSSR count). The van der Waals surface area contributed by atoms with Crippen LogP contribution in [0.4, 0.5) is 5.69 Å². The zero-order chi connectivity index (χ0) is 19.8. The number of thiocarbonyl (C=S) groups is 1. The minimum absolute atomic E-state index is 0.174. The molecule has 0 N–H and O–H groups in total. The van der Waals surface area contributed by atoms with Crippen molar-refractivity contribution in [3.8, 4) is 0 Å². The third-order valence-electron chi connectivity index (χ3n) is 4.51. The summed E-state index contributed by atoms with van der Waals surface area (Å²) >= 11 is 19.0. The van der Waals surface area contributed by atoms with E-state index in [1.165, 1.54) is 16.7 Å². The van der Waals surface area contributed by atoms with E-state index >= 15 is 0 Å². The van der Waals surface area contributed by atoms with Crippen LogP contribution in [0.25, 0.3) is 17.0 Å². The van der Waals surface area contributed by atoms with E-state index in [4.69, 9.17) is 35.4 Å². The molecule has 2 aromatic carbocycles. The van der Waals surface area contributed by atoms with Crippen molar-refractivity contribution in [2.75, 3.05) is 4.90 Å². The minimum Gasteiger partial charge on any atom is -0.347 e. The van der Waals surface area contributed by atoms with E-state index in [0.29, 0.717) is 25.0 Å². The molecule has 0 bridgehead atoms. The van der Waals surface area contributed by atoms with Crippen LogP contribution in [0.1, 0.15) is 18.9 Å². The molecular formula is C21H16Cl2N2OS2. The highest BCUT2D eigenvalue weighted by atomic mass is 35.5. The molecule has 1 aliphatic heterocycles. The van der Waals surface area contributed by atoms with Crippen molar-refractivity contribution in [3.63, 3.8) is 0 Å². The number of hydrogen-bond donors (Lipinski definition) is 0. The number of nitrogens with zero attached hydrogens (tertiary/aromatic N) is 2. The quantitative estimate of drug-likeness (QED) is 0.326. The van der Waals surface area contributed by atoms with Crippen molar-refractivity contribution in [2.24, 2.45) is 0 Å². The lowest BCUT2D eigenvalue weighted by Gasteiger charge is -2.16. The van der Waals surface area contributed by atoms with Crippen LogP contribution < -0.4 is 4.90 Å². The average molecular weight is 447 g/mol. The second-order valence-electron chi connectivity index (χ2n) is 6.41. The minimum atomic E-state index is -0.174. The van der Waals surface area contributed by atoms with Gasteiger partial charge in [0.2, 0.25) is 0 Å². The van der Waals surface area contributed by atoms with Gasteiger partial charge in [0, 0.05) is 34.2 Å². The van der Waals surface area contributed by atoms with Crippen LogP contribution in [0.3, 0.4) is 0 Å². The van der Waals surface area contributed by atoms with Gasteiger partial charge in [0.15, 0.2) is 4.32 Å². The van der Waals surface area contributed by atoms with Gasteiger partial charge in [-0.1, -0.05) is 72.3 Å². The first-order valence-corrected chi connectivity index (χ1v) is 10.8. The number of benzene rings is 2. The number of thioether (sulfide) groups is 1. The third kappa shape index (κ3) is 3.48. The fourth-order valence-corrected chi connectivity index (χ4v) is 5.06. The summed E-state index contributed by atoms with van der Waals surface area (Å²) in [6.07, 6.45) is 5.04. The van der Waals surface area contributed by atoms with Crippen molar-refractivity contribution >= 4 is 80.1 Å². The van der Waals surface area contributed by atoms with Crippen LogP contribution in [0, 0.1) is 0 Å². The summed E-state index contributed by atoms with van der Waals surface area (Å²) in [6, 6.07) is 13.2. The van der Waals surface area contributed by atoms with Gasteiger partial charge in [0.25, 0.3) is 5.91 Å². The molecule has 0 spiro atoms. The molecule has 0 radical (unpaired) electrons. The number of amides is 1. The molecule has 2 heterocycles. The number of hydrogen-bond acceptors (Lipinski definition) is 3. The van der Waals surface area contributed by atoms with Gasteiger partial charge in [-0.2, -0.15) is 0 Å². The zero-order valence-corrected chi connectivity index (χ0v) is 18.1. The monoisotopic (exact) mass is 446 g/mol. The number of carbonyl (C=O) groups is 1. The average Bonchev–Trinajstić information content (AvgIpc) is 3.14. The van der Waals surface area contributed by atoms with Gasteiger partial charge in [-0.3, -0.25) is 9.69 Å². The largest absolute Gasteiger partial charge is 0.347 e. The maximum atomic E-state index is 13.1. The van der Waals surface area contributed by atoms with Gasteiger partial charge >= 0.3 is 0 Å². The predicted molar refractivity (Wildman–Crippen MR) is 124 cm³/mol. The smallest absolute Gasteiger partial charge is 0.270 e. The Bertz CT molecular complexity index is 1140. The molecule has 28 heavy (non-hydrogen) atoms. The van der Waals surface area contributed by atoms with Crippen molar-refractivity contribution in [1.82, 2.24) is 4.57 Å². The summed E-state index contributed by atoms with van der Waals surface area (Å²) in [4.78, 5) is 15.1. The predicted octanol–water partition coefficient (Wildman–Crippen LogP) is 6.76. The van der Waals surface area contributed by atoms with Crippen molar-refractivity contribution in [3.05, 3.63) is 69.2 Å². The Morgan fingerprint density at radius 3 is 2.71 bits per heavy atom. The van der Waals surface area contributed by atoms with Crippen LogP contribution in [-0.4, -0.2) is 14.8 Å². The molecule has 3 nitrogen and oxygen atoms in total. The summed E-state index contributed by atoms with van der Waals surface area (Å²) in [7, 11) is 0. The van der Waals surface area contributed by atoms with Crippen LogP contribution in [0.2, 0.25) is 10.0 Å². The lowest BCUT2D eigenvalue weighted by molar-refractivity contribution is -0.113. The summed E-state index contributed by atoms with van der Waals surface area (Å²) < 4.78 is 2.68. The highest BCUT2D eigenvalue weighted by molar-refractivity contribution is 8.27. The summed E-state index contributed by atoms with van der Waals surface area (Å²) in [6.45, 7) is 3.07. The summed E-state index contributed by atoms with van der Waals surface area (Å²) in [5, 5.41) is 2.02. The lowest BCUT2D eigenvalue weighted by Crippen LogP contribution is -2.27. The second kappa shape index (κ2) is 7.91. The maximum Gasteiger partial charge on any atom is 0.270 e. The van der Waals surface area contributed by atoms with Gasteiger partial charge in [-0.15, -0.1) is 0 Å². The lowest BCUT2D eigenvalue weighted by atomic mass is 10.1. The molecular weight excluding hydrogens is 431 g/mol. The molecule has 1 fully saturated rings. The Morgan fingerprint density at radius 2 is 1.96 bits per heavy atom. The van der Waals surface area contributed by atoms with Crippen molar-refractivity contribution in [1.29, 1.82) is 0 Å². The number of para-hydroxylation sites is 1. The van der Waals surface area contributed by atoms with Gasteiger partial charge in [-0.25, -0.2) is 0 Å². The first kappa shape index (κ1) is 19.5. The Balaban J connectivity index is 1.75. The Morgan fingerprint density at radius 1 is 1.18 bits per heavy atom. The fraction of sp³-hybridized carbons (Fsp3) is 0.143. The molecule has 0 atom stereocenters. The molecule has 1 aliphatic rings. The number of anilines is 1. The van der Waals surface area contributed by atoms with Gasteiger partial charge < -0.3 is 4.57 Å². The second-order valence-corrected chi connectivity index (χ2v) is 8.93. The summed E-state index contributed by atoms with van der Waals surface area (Å²) in [5.74, 6) is -0.174. The Hall–Kier alpha value is -1.79. The van der Waals surface area contributed by atoms with E-state index in [-0.39, 0.29) is 5.91 Å². The van der Waals surface area contributed by atoms with Crippen molar-refractivity contribution < 1.29 is 4.79 Å². The highest BCUT2D eigenvalue weighted by Crippen LogP contribution is 2.40. The number of carbonyl (C=O) groups excluding carboxylic acids is 1. The zero-order valence-electron chi connectivity index (χ0n) is 15.0. The fourth-order valence-electron chi connectivity index (χ4n) is 3.30. The molecule has 0 aliphatic carbocycles. The SMILES string of the molecule is CCCn1cc(/C=C2/SC(=S)N(c3ccc(Cl)cc3Cl)C2=O)c2ccccc21. The molecule has 1 amide bonds. The first-order valence-electron chi connectivity index (χ1n) is 8.80. The Kier molecular flexibility index (Phi) is 5.52. The van der Waals surface area contributed by atoms with E-state index in [2.05, 4.69) is 29.8 Å². The molecule has 1 saturated heterocycles. The molecule has 7 heteroatoms. The molecule has 3 aromatic rings. The number of aromatic nitrogens is 1. The van der Waals surface area contributed by atoms with Crippen LogP contribution in [0.15, 0.2) is 53.6 Å². The molecule has 0 unspecified atom stereocenters. The first-order chi connectivity index (χ1) is 13.5. The van der Waals surface area contributed by atoms with Gasteiger partial charge in [-0.05, 0) is 36.8 Å². The van der Waals surface area contributed by atoms with E-state index in [9.17, 15) is 4.79 Å². The third-order valence-corrected chi connectivity index (χ3v) is 6.35. The summed E-state index contributed by atoms with van der Waals surface area (Å²) in [5.41, 5.74) is 2.71. The van der Waals surface area contributed by atoms with E-state index in [0.717, 1.165) is 29.4 Å². The number of halogens is 2. The standard InChI is InChI=1S/C21H16Cl2N2OS2/c1-2-9-24-12-13(15-5-3-4-6-17(15)24)10-19-20(26)25(21(27)28-19)18-8-7-14(22)11-16(18)23/h3-8,10-12H,2,9H2,1H3/b19-10+. The van der Waals surface area contributed by atoms with Crippen LogP contribution in [0.5, 0.6) is 0 Å². The topological polar surface area (TPSA) is 25.2 Å². The van der Waals surface area contributed by atoms with Gasteiger partial charge in [0.1, 0.15) is 0 Å². The normalized spacial score (nSPS) is 16.0.